The standard InChI is InChI=1S/C26H31F2N3O4/c1-29-8-10-31(11-9-29)26(32)24-25(20-16-21(27)22(28)17-23(20)30(24)2)35-15-14-33-12-13-34-18-19-6-4-3-5-7-19/h3-7,16-17H,8-15,18H2,1-2H3. The zero-order valence-corrected chi connectivity index (χ0v) is 20.1. The lowest BCUT2D eigenvalue weighted by atomic mass is 10.2. The summed E-state index contributed by atoms with van der Waals surface area (Å²) < 4.78 is 46.7. The van der Waals surface area contributed by atoms with Gasteiger partial charge in [-0.2, -0.15) is 0 Å². The molecule has 188 valence electrons. The summed E-state index contributed by atoms with van der Waals surface area (Å²) in [7, 11) is 3.67. The first-order chi connectivity index (χ1) is 17.0. The molecule has 1 aliphatic rings. The van der Waals surface area contributed by atoms with E-state index in [0.717, 1.165) is 30.8 Å². The van der Waals surface area contributed by atoms with Gasteiger partial charge in [-0.15, -0.1) is 0 Å². The van der Waals surface area contributed by atoms with Crippen molar-refractivity contribution >= 4 is 16.8 Å². The molecule has 1 fully saturated rings. The van der Waals surface area contributed by atoms with Crippen LogP contribution in [0.25, 0.3) is 10.9 Å². The van der Waals surface area contributed by atoms with E-state index in [4.69, 9.17) is 14.2 Å². The van der Waals surface area contributed by atoms with E-state index in [1.54, 1.807) is 16.5 Å². The van der Waals surface area contributed by atoms with Crippen molar-refractivity contribution in [2.45, 2.75) is 6.61 Å². The lowest BCUT2D eigenvalue weighted by Gasteiger charge is -2.32. The number of hydrogen-bond donors (Lipinski definition) is 0. The number of aromatic nitrogens is 1. The fraction of sp³-hybridized carbons (Fsp3) is 0.423. The van der Waals surface area contributed by atoms with Crippen LogP contribution in [0.15, 0.2) is 42.5 Å². The van der Waals surface area contributed by atoms with E-state index in [1.165, 1.54) is 0 Å². The number of rotatable bonds is 10. The maximum atomic E-state index is 14.1. The van der Waals surface area contributed by atoms with Gasteiger partial charge in [0.25, 0.3) is 5.91 Å². The lowest BCUT2D eigenvalue weighted by Crippen LogP contribution is -2.47. The molecule has 2 heterocycles. The number of amides is 1. The second-order valence-electron chi connectivity index (χ2n) is 8.61. The van der Waals surface area contributed by atoms with E-state index in [9.17, 15) is 13.6 Å². The third-order valence-corrected chi connectivity index (χ3v) is 6.15. The van der Waals surface area contributed by atoms with Crippen molar-refractivity contribution < 1.29 is 27.8 Å². The molecule has 0 atom stereocenters. The first kappa shape index (κ1) is 25.1. The van der Waals surface area contributed by atoms with Crippen LogP contribution in [-0.2, 0) is 23.1 Å². The molecule has 1 aliphatic heterocycles. The summed E-state index contributed by atoms with van der Waals surface area (Å²) in [4.78, 5) is 17.3. The molecule has 1 saturated heterocycles. The predicted molar refractivity (Wildman–Crippen MR) is 129 cm³/mol. The summed E-state index contributed by atoms with van der Waals surface area (Å²) in [6.07, 6.45) is 0. The van der Waals surface area contributed by atoms with Gasteiger partial charge in [0.2, 0.25) is 0 Å². The average molecular weight is 488 g/mol. The Labute approximate surface area is 203 Å². The van der Waals surface area contributed by atoms with Crippen molar-refractivity contribution in [3.63, 3.8) is 0 Å². The lowest BCUT2D eigenvalue weighted by molar-refractivity contribution is 0.0302. The molecule has 2 aromatic carbocycles. The molecule has 9 heteroatoms. The molecule has 1 amide bonds. The molecular weight excluding hydrogens is 456 g/mol. The van der Waals surface area contributed by atoms with Crippen molar-refractivity contribution in [3.8, 4) is 5.75 Å². The van der Waals surface area contributed by atoms with E-state index in [2.05, 4.69) is 4.90 Å². The zero-order chi connectivity index (χ0) is 24.8. The molecule has 0 unspecified atom stereocenters. The van der Waals surface area contributed by atoms with Crippen LogP contribution in [0.5, 0.6) is 5.75 Å². The smallest absolute Gasteiger partial charge is 0.274 e. The van der Waals surface area contributed by atoms with Crippen molar-refractivity contribution in [3.05, 3.63) is 65.4 Å². The molecule has 7 nitrogen and oxygen atoms in total. The SMILES string of the molecule is CN1CCN(C(=O)c2c(OCCOCCOCc3ccccc3)c3cc(F)c(F)cc3n2C)CC1. The monoisotopic (exact) mass is 487 g/mol. The summed E-state index contributed by atoms with van der Waals surface area (Å²) in [6.45, 7) is 4.41. The second kappa shape index (κ2) is 11.6. The number of halogens is 2. The van der Waals surface area contributed by atoms with E-state index in [-0.39, 0.29) is 30.6 Å². The number of benzene rings is 2. The number of carbonyl (C=O) groups is 1. The maximum Gasteiger partial charge on any atom is 0.274 e. The quantitative estimate of drug-likeness (QED) is 0.410. The number of nitrogens with zero attached hydrogens (tertiary/aromatic N) is 3. The summed E-state index contributed by atoms with van der Waals surface area (Å²) in [5.41, 5.74) is 1.76. The zero-order valence-electron chi connectivity index (χ0n) is 20.1. The third kappa shape index (κ3) is 5.98. The number of piperazine rings is 1. The molecule has 0 spiro atoms. The first-order valence-electron chi connectivity index (χ1n) is 11.7. The highest BCUT2D eigenvalue weighted by molar-refractivity contribution is 6.04. The van der Waals surface area contributed by atoms with Crippen LogP contribution in [0.2, 0.25) is 0 Å². The molecule has 1 aromatic heterocycles. The van der Waals surface area contributed by atoms with Crippen LogP contribution >= 0.6 is 0 Å². The Bertz CT molecular complexity index is 1140. The van der Waals surface area contributed by atoms with E-state index in [1.807, 2.05) is 37.4 Å². The number of fused-ring (bicyclic) bond motifs is 1. The highest BCUT2D eigenvalue weighted by atomic mass is 19.2. The van der Waals surface area contributed by atoms with Gasteiger partial charge in [0, 0.05) is 44.7 Å². The number of ether oxygens (including phenoxy) is 3. The van der Waals surface area contributed by atoms with E-state index < -0.39 is 11.6 Å². The molecule has 0 bridgehead atoms. The van der Waals surface area contributed by atoms with Crippen LogP contribution < -0.4 is 4.74 Å². The number of likely N-dealkylation sites (N-methyl/N-ethyl adjacent to an activating group) is 1. The molecule has 0 aliphatic carbocycles. The van der Waals surface area contributed by atoms with Crippen LogP contribution in [0.4, 0.5) is 8.78 Å². The van der Waals surface area contributed by atoms with Gasteiger partial charge < -0.3 is 28.6 Å². The molecule has 3 aromatic rings. The van der Waals surface area contributed by atoms with Crippen LogP contribution in [0, 0.1) is 11.6 Å². The largest absolute Gasteiger partial charge is 0.488 e. The Morgan fingerprint density at radius 3 is 2.29 bits per heavy atom. The van der Waals surface area contributed by atoms with Gasteiger partial charge in [0.1, 0.15) is 6.61 Å². The van der Waals surface area contributed by atoms with Crippen molar-refractivity contribution in [2.75, 3.05) is 59.7 Å². The van der Waals surface area contributed by atoms with E-state index >= 15 is 0 Å². The van der Waals surface area contributed by atoms with E-state index in [0.29, 0.717) is 43.8 Å². The molecule has 0 N–H and O–H groups in total. The van der Waals surface area contributed by atoms with Gasteiger partial charge in [-0.05, 0) is 18.7 Å². The molecule has 0 saturated carbocycles. The van der Waals surface area contributed by atoms with Crippen molar-refractivity contribution in [2.24, 2.45) is 7.05 Å². The molecule has 4 rings (SSSR count). The summed E-state index contributed by atoms with van der Waals surface area (Å²) >= 11 is 0. The van der Waals surface area contributed by atoms with Gasteiger partial charge in [-0.1, -0.05) is 30.3 Å². The van der Waals surface area contributed by atoms with Crippen molar-refractivity contribution in [1.82, 2.24) is 14.4 Å². The van der Waals surface area contributed by atoms with Crippen LogP contribution in [-0.4, -0.2) is 79.9 Å². The predicted octanol–water partition coefficient (Wildman–Crippen LogP) is 3.46. The Morgan fingerprint density at radius 1 is 0.886 bits per heavy atom. The molecule has 35 heavy (non-hydrogen) atoms. The maximum absolute atomic E-state index is 14.1. The van der Waals surface area contributed by atoms with Crippen LogP contribution in [0.3, 0.4) is 0 Å². The Balaban J connectivity index is 1.38. The number of aryl methyl sites for hydroxylation is 1. The minimum atomic E-state index is -0.988. The second-order valence-corrected chi connectivity index (χ2v) is 8.61. The fourth-order valence-electron chi connectivity index (χ4n) is 4.13. The van der Waals surface area contributed by atoms with Crippen LogP contribution in [0.1, 0.15) is 16.1 Å². The fourth-order valence-corrected chi connectivity index (χ4v) is 4.13. The third-order valence-electron chi connectivity index (χ3n) is 6.15. The normalized spacial score (nSPS) is 14.6. The number of carbonyl (C=O) groups excluding carboxylic acids is 1. The molecular formula is C26H31F2N3O4. The van der Waals surface area contributed by atoms with Gasteiger partial charge in [0.05, 0.1) is 31.9 Å². The highest BCUT2D eigenvalue weighted by Crippen LogP contribution is 2.35. The topological polar surface area (TPSA) is 56.2 Å². The minimum Gasteiger partial charge on any atom is -0.488 e. The summed E-state index contributed by atoms with van der Waals surface area (Å²) in [5, 5.41) is 0.357. The average Bonchev–Trinajstić information content (AvgIpc) is 3.12. The van der Waals surface area contributed by atoms with Gasteiger partial charge in [-0.3, -0.25) is 4.79 Å². The van der Waals surface area contributed by atoms with Gasteiger partial charge in [-0.25, -0.2) is 8.78 Å². The van der Waals surface area contributed by atoms with Gasteiger partial charge >= 0.3 is 0 Å². The summed E-state index contributed by atoms with van der Waals surface area (Å²) in [6, 6.07) is 12.0. The number of hydrogen-bond acceptors (Lipinski definition) is 5. The Hall–Kier alpha value is -3.01. The Kier molecular flexibility index (Phi) is 8.33. The van der Waals surface area contributed by atoms with Crippen molar-refractivity contribution in [1.29, 1.82) is 0 Å². The minimum absolute atomic E-state index is 0.153. The first-order valence-corrected chi connectivity index (χ1v) is 11.7. The summed E-state index contributed by atoms with van der Waals surface area (Å²) in [5.74, 6) is -1.93. The van der Waals surface area contributed by atoms with Gasteiger partial charge in [0.15, 0.2) is 23.1 Å². The molecule has 0 radical (unpaired) electrons. The highest BCUT2D eigenvalue weighted by Gasteiger charge is 2.29. The Morgan fingerprint density at radius 2 is 1.54 bits per heavy atom.